The first kappa shape index (κ1) is 14.4. The summed E-state index contributed by atoms with van der Waals surface area (Å²) in [6, 6.07) is 9.14. The monoisotopic (exact) mass is 304 g/mol. The van der Waals surface area contributed by atoms with Crippen LogP contribution in [0.4, 0.5) is 11.5 Å². The molecule has 2 N–H and O–H groups in total. The van der Waals surface area contributed by atoms with Gasteiger partial charge in [0.1, 0.15) is 5.82 Å². The Morgan fingerprint density at radius 3 is 2.95 bits per heavy atom. The number of nitrogens with one attached hydrogen (secondary N) is 2. The second kappa shape index (κ2) is 5.70. The number of nitrogens with zero attached hydrogens (tertiary/aromatic N) is 2. The molecule has 112 valence electrons. The van der Waals surface area contributed by atoms with E-state index < -0.39 is 0 Å². The first-order valence-corrected chi connectivity index (χ1v) is 7.46. The summed E-state index contributed by atoms with van der Waals surface area (Å²) in [5, 5.41) is 11.9. The van der Waals surface area contributed by atoms with E-state index >= 15 is 0 Å². The lowest BCUT2D eigenvalue weighted by Gasteiger charge is -2.15. The molecule has 1 aliphatic carbocycles. The number of aryl methyl sites for hydroxylation is 1. The summed E-state index contributed by atoms with van der Waals surface area (Å²) >= 11 is 0. The molecule has 4 rings (SSSR count). The molecule has 5 heteroatoms. The van der Waals surface area contributed by atoms with Gasteiger partial charge in [-0.15, -0.1) is 12.4 Å². The molecular formula is C16H21ClN4. The number of halogens is 1. The Balaban J connectivity index is 0.00000132. The van der Waals surface area contributed by atoms with Crippen LogP contribution in [0.3, 0.4) is 0 Å². The Hall–Kier alpha value is -1.52. The van der Waals surface area contributed by atoms with Crippen LogP contribution in [0.5, 0.6) is 0 Å². The highest BCUT2D eigenvalue weighted by Gasteiger charge is 2.30. The van der Waals surface area contributed by atoms with Gasteiger partial charge in [0.05, 0.1) is 11.7 Å². The molecular weight excluding hydrogens is 284 g/mol. The van der Waals surface area contributed by atoms with Crippen LogP contribution < -0.4 is 10.6 Å². The van der Waals surface area contributed by atoms with Gasteiger partial charge in [0.2, 0.25) is 0 Å². The molecule has 1 aromatic carbocycles. The van der Waals surface area contributed by atoms with Gasteiger partial charge in [-0.1, -0.05) is 12.1 Å². The molecule has 0 radical (unpaired) electrons. The van der Waals surface area contributed by atoms with Gasteiger partial charge in [0, 0.05) is 30.8 Å². The first-order chi connectivity index (χ1) is 9.81. The van der Waals surface area contributed by atoms with Crippen molar-refractivity contribution in [1.29, 1.82) is 0 Å². The average molecular weight is 305 g/mol. The normalized spacial score (nSPS) is 17.0. The number of aromatic nitrogens is 2. The van der Waals surface area contributed by atoms with E-state index in [1.807, 2.05) is 0 Å². The van der Waals surface area contributed by atoms with Crippen molar-refractivity contribution in [1.82, 2.24) is 15.1 Å². The van der Waals surface area contributed by atoms with Crippen LogP contribution in [-0.2, 0) is 13.0 Å². The molecule has 0 saturated heterocycles. The second-order valence-corrected chi connectivity index (χ2v) is 5.87. The average Bonchev–Trinajstić information content (AvgIpc) is 3.23. The molecule has 1 aliphatic heterocycles. The maximum Gasteiger partial charge on any atom is 0.133 e. The fraction of sp³-hybridized carbons (Fsp3) is 0.438. The number of anilines is 2. The lowest BCUT2D eigenvalue weighted by molar-refractivity contribution is 0.614. The minimum atomic E-state index is 0. The van der Waals surface area contributed by atoms with Crippen LogP contribution in [0.15, 0.2) is 24.3 Å². The van der Waals surface area contributed by atoms with Crippen LogP contribution in [0.25, 0.3) is 0 Å². The zero-order valence-electron chi connectivity index (χ0n) is 12.2. The van der Waals surface area contributed by atoms with Gasteiger partial charge < -0.3 is 10.6 Å². The van der Waals surface area contributed by atoms with E-state index in [9.17, 15) is 0 Å². The number of rotatable bonds is 3. The maximum atomic E-state index is 4.85. The van der Waals surface area contributed by atoms with Crippen LogP contribution in [-0.4, -0.2) is 16.3 Å². The zero-order valence-corrected chi connectivity index (χ0v) is 13.0. The van der Waals surface area contributed by atoms with Gasteiger partial charge in [0.15, 0.2) is 0 Å². The Morgan fingerprint density at radius 2 is 2.19 bits per heavy atom. The highest BCUT2D eigenvalue weighted by atomic mass is 35.5. The third-order valence-electron chi connectivity index (χ3n) is 4.11. The topological polar surface area (TPSA) is 41.9 Å². The van der Waals surface area contributed by atoms with Crippen molar-refractivity contribution in [2.45, 2.75) is 38.8 Å². The van der Waals surface area contributed by atoms with Crippen LogP contribution in [0, 0.1) is 6.92 Å². The molecule has 1 fully saturated rings. The van der Waals surface area contributed by atoms with Crippen molar-refractivity contribution in [3.63, 3.8) is 0 Å². The SMILES string of the molecule is Cc1cccc(Nc2c3c(nn2C2CC2)CCNC3)c1.Cl. The Morgan fingerprint density at radius 1 is 1.33 bits per heavy atom. The van der Waals surface area contributed by atoms with Crippen LogP contribution >= 0.6 is 12.4 Å². The predicted molar refractivity (Wildman–Crippen MR) is 87.6 cm³/mol. The van der Waals surface area contributed by atoms with Gasteiger partial charge in [-0.2, -0.15) is 5.10 Å². The standard InChI is InChI=1S/C16H20N4.ClH/c1-11-3-2-4-12(9-11)18-16-14-10-17-8-7-15(14)19-20(16)13-5-6-13;/h2-4,9,13,17-18H,5-8,10H2,1H3;1H. The smallest absolute Gasteiger partial charge is 0.133 e. The minimum Gasteiger partial charge on any atom is -0.340 e. The van der Waals surface area contributed by atoms with E-state index in [0.717, 1.165) is 25.2 Å². The van der Waals surface area contributed by atoms with E-state index in [1.165, 1.54) is 35.5 Å². The Labute approximate surface area is 131 Å². The highest BCUT2D eigenvalue weighted by molar-refractivity contribution is 5.85. The van der Waals surface area contributed by atoms with E-state index in [4.69, 9.17) is 5.10 Å². The number of hydrogen-bond acceptors (Lipinski definition) is 3. The number of hydrogen-bond donors (Lipinski definition) is 2. The lowest BCUT2D eigenvalue weighted by Crippen LogP contribution is -2.23. The fourth-order valence-electron chi connectivity index (χ4n) is 2.90. The number of benzene rings is 1. The predicted octanol–water partition coefficient (Wildman–Crippen LogP) is 3.34. The molecule has 1 saturated carbocycles. The molecule has 4 nitrogen and oxygen atoms in total. The van der Waals surface area contributed by atoms with Gasteiger partial charge in [0.25, 0.3) is 0 Å². The third kappa shape index (κ3) is 2.78. The summed E-state index contributed by atoms with van der Waals surface area (Å²) in [5.74, 6) is 1.19. The summed E-state index contributed by atoms with van der Waals surface area (Å²) < 4.78 is 2.22. The quantitative estimate of drug-likeness (QED) is 0.914. The molecule has 2 aliphatic rings. The van der Waals surface area contributed by atoms with Crippen molar-refractivity contribution < 1.29 is 0 Å². The minimum absolute atomic E-state index is 0. The Kier molecular flexibility index (Phi) is 3.91. The van der Waals surface area contributed by atoms with E-state index in [1.54, 1.807) is 0 Å². The van der Waals surface area contributed by atoms with Crippen molar-refractivity contribution in [2.24, 2.45) is 0 Å². The highest BCUT2D eigenvalue weighted by Crippen LogP contribution is 2.40. The van der Waals surface area contributed by atoms with Crippen molar-refractivity contribution in [2.75, 3.05) is 11.9 Å². The maximum absolute atomic E-state index is 4.85. The Bertz CT molecular complexity index is 646. The van der Waals surface area contributed by atoms with Gasteiger partial charge >= 0.3 is 0 Å². The molecule has 0 atom stereocenters. The van der Waals surface area contributed by atoms with Crippen molar-refractivity contribution in [3.05, 3.63) is 41.1 Å². The molecule has 0 unspecified atom stereocenters. The van der Waals surface area contributed by atoms with Crippen molar-refractivity contribution >= 4 is 23.9 Å². The molecule has 0 spiro atoms. The molecule has 2 aromatic rings. The summed E-state index contributed by atoms with van der Waals surface area (Å²) in [5.41, 5.74) is 5.05. The van der Waals surface area contributed by atoms with Gasteiger partial charge in [-0.05, 0) is 37.5 Å². The molecule has 0 amide bonds. The molecule has 0 bridgehead atoms. The van der Waals surface area contributed by atoms with Crippen LogP contribution in [0.1, 0.15) is 35.7 Å². The second-order valence-electron chi connectivity index (χ2n) is 5.87. The molecule has 2 heterocycles. The van der Waals surface area contributed by atoms with Crippen molar-refractivity contribution in [3.8, 4) is 0 Å². The largest absolute Gasteiger partial charge is 0.340 e. The molecule has 21 heavy (non-hydrogen) atoms. The van der Waals surface area contributed by atoms with E-state index in [2.05, 4.69) is 46.5 Å². The fourth-order valence-corrected chi connectivity index (χ4v) is 2.90. The first-order valence-electron chi connectivity index (χ1n) is 7.46. The van der Waals surface area contributed by atoms with E-state index in [0.29, 0.717) is 6.04 Å². The van der Waals surface area contributed by atoms with Gasteiger partial charge in [-0.3, -0.25) is 0 Å². The third-order valence-corrected chi connectivity index (χ3v) is 4.11. The number of fused-ring (bicyclic) bond motifs is 1. The van der Waals surface area contributed by atoms with Gasteiger partial charge in [-0.25, -0.2) is 4.68 Å². The zero-order chi connectivity index (χ0) is 13.5. The van der Waals surface area contributed by atoms with E-state index in [-0.39, 0.29) is 12.4 Å². The summed E-state index contributed by atoms with van der Waals surface area (Å²) in [4.78, 5) is 0. The summed E-state index contributed by atoms with van der Waals surface area (Å²) in [6.45, 7) is 4.09. The lowest BCUT2D eigenvalue weighted by atomic mass is 10.1. The summed E-state index contributed by atoms with van der Waals surface area (Å²) in [7, 11) is 0. The molecule has 1 aromatic heterocycles. The summed E-state index contributed by atoms with van der Waals surface area (Å²) in [6.07, 6.45) is 3.56. The van der Waals surface area contributed by atoms with Crippen LogP contribution in [0.2, 0.25) is 0 Å².